The van der Waals surface area contributed by atoms with E-state index in [1.807, 2.05) is 0 Å². The van der Waals surface area contributed by atoms with Gasteiger partial charge in [-0.25, -0.2) is 4.98 Å². The lowest BCUT2D eigenvalue weighted by atomic mass is 10.1. The first-order valence-electron chi connectivity index (χ1n) is 8.15. The third-order valence-electron chi connectivity index (χ3n) is 3.73. The van der Waals surface area contributed by atoms with Crippen LogP contribution in [0.4, 0.5) is 5.82 Å². The van der Waals surface area contributed by atoms with E-state index >= 15 is 0 Å². The van der Waals surface area contributed by atoms with Crippen molar-refractivity contribution in [1.82, 2.24) is 10.3 Å². The van der Waals surface area contributed by atoms with Gasteiger partial charge in [0.2, 0.25) is 0 Å². The minimum atomic E-state index is 0.286. The molecular weight excluding hydrogens is 262 g/mol. The Kier molecular flexibility index (Phi) is 6.00. The number of nitrogens with zero attached hydrogens (tertiary/aromatic N) is 2. The number of hydrogen-bond acceptors (Lipinski definition) is 4. The minimum absolute atomic E-state index is 0.286. The second kappa shape index (κ2) is 7.76. The molecule has 1 saturated heterocycles. The van der Waals surface area contributed by atoms with Gasteiger partial charge in [0.05, 0.1) is 12.7 Å². The van der Waals surface area contributed by atoms with Crippen molar-refractivity contribution < 1.29 is 4.74 Å². The molecule has 0 aliphatic carbocycles. The van der Waals surface area contributed by atoms with Gasteiger partial charge in [0.25, 0.3) is 0 Å². The summed E-state index contributed by atoms with van der Waals surface area (Å²) in [4.78, 5) is 7.14. The molecule has 0 radical (unpaired) electrons. The zero-order valence-electron chi connectivity index (χ0n) is 13.9. The van der Waals surface area contributed by atoms with Gasteiger partial charge in [-0.1, -0.05) is 20.8 Å². The maximum Gasteiger partial charge on any atom is 0.129 e. The fourth-order valence-electron chi connectivity index (χ4n) is 2.61. The van der Waals surface area contributed by atoms with Gasteiger partial charge in [-0.05, 0) is 43.5 Å². The van der Waals surface area contributed by atoms with Gasteiger partial charge >= 0.3 is 0 Å². The number of rotatable bonds is 6. The van der Waals surface area contributed by atoms with Gasteiger partial charge in [-0.3, -0.25) is 0 Å². The van der Waals surface area contributed by atoms with Gasteiger partial charge in [-0.15, -0.1) is 0 Å². The van der Waals surface area contributed by atoms with Gasteiger partial charge in [0, 0.05) is 25.3 Å². The normalized spacial score (nSPS) is 19.3. The highest BCUT2D eigenvalue weighted by atomic mass is 16.5. The van der Waals surface area contributed by atoms with Crippen LogP contribution in [0, 0.1) is 5.92 Å². The molecule has 21 heavy (non-hydrogen) atoms. The van der Waals surface area contributed by atoms with Gasteiger partial charge in [0.15, 0.2) is 0 Å². The first kappa shape index (κ1) is 16.2. The predicted octanol–water partition coefficient (Wildman–Crippen LogP) is 2.61. The summed E-state index contributed by atoms with van der Waals surface area (Å²) in [6, 6.07) is 4.45. The summed E-state index contributed by atoms with van der Waals surface area (Å²) in [7, 11) is 0. The maximum absolute atomic E-state index is 5.63. The van der Waals surface area contributed by atoms with Crippen molar-refractivity contribution in [3.8, 4) is 0 Å². The number of morpholine rings is 1. The average molecular weight is 291 g/mol. The second-order valence-corrected chi connectivity index (χ2v) is 6.33. The fourth-order valence-corrected chi connectivity index (χ4v) is 2.61. The number of anilines is 1. The lowest BCUT2D eigenvalue weighted by Gasteiger charge is -2.32. The molecule has 1 atom stereocenters. The largest absolute Gasteiger partial charge is 0.375 e. The Labute approximate surface area is 128 Å². The highest BCUT2D eigenvalue weighted by molar-refractivity contribution is 5.43. The van der Waals surface area contributed by atoms with Crippen LogP contribution in [-0.2, 0) is 17.7 Å². The van der Waals surface area contributed by atoms with E-state index in [9.17, 15) is 0 Å². The third kappa shape index (κ3) is 4.97. The zero-order valence-corrected chi connectivity index (χ0v) is 13.9. The van der Waals surface area contributed by atoms with Crippen molar-refractivity contribution in [3.05, 3.63) is 23.4 Å². The molecular formula is C17H29N3O. The first-order valence-corrected chi connectivity index (χ1v) is 8.15. The summed E-state index contributed by atoms with van der Waals surface area (Å²) in [5.74, 6) is 1.78. The molecule has 1 N–H and O–H groups in total. The summed E-state index contributed by atoms with van der Waals surface area (Å²) in [5.41, 5.74) is 2.50. The van der Waals surface area contributed by atoms with Crippen LogP contribution in [0.2, 0.25) is 0 Å². The number of aromatic nitrogens is 1. The van der Waals surface area contributed by atoms with E-state index in [0.717, 1.165) is 45.0 Å². The molecule has 1 unspecified atom stereocenters. The molecule has 1 fully saturated rings. The maximum atomic E-state index is 5.63. The van der Waals surface area contributed by atoms with Crippen LogP contribution in [0.5, 0.6) is 0 Å². The fraction of sp³-hybridized carbons (Fsp3) is 0.706. The van der Waals surface area contributed by atoms with E-state index in [0.29, 0.717) is 5.92 Å². The van der Waals surface area contributed by atoms with Gasteiger partial charge in [-0.2, -0.15) is 0 Å². The zero-order chi connectivity index (χ0) is 15.2. The molecule has 1 aliphatic heterocycles. The van der Waals surface area contributed by atoms with Gasteiger partial charge < -0.3 is 15.0 Å². The van der Waals surface area contributed by atoms with Crippen LogP contribution < -0.4 is 10.2 Å². The lowest BCUT2D eigenvalue weighted by molar-refractivity contribution is 0.0529. The summed E-state index contributed by atoms with van der Waals surface area (Å²) in [6.07, 6.45) is 1.26. The van der Waals surface area contributed by atoms with E-state index < -0.39 is 0 Å². The monoisotopic (exact) mass is 291 g/mol. The van der Waals surface area contributed by atoms with Crippen molar-refractivity contribution >= 4 is 5.82 Å². The Balaban J connectivity index is 2.09. The topological polar surface area (TPSA) is 37.4 Å². The van der Waals surface area contributed by atoms with E-state index in [-0.39, 0.29) is 6.10 Å². The SMILES string of the molecule is CCc1cc(CNCC(C)C)cc(N2CCOC(C)C2)n1. The van der Waals surface area contributed by atoms with E-state index in [4.69, 9.17) is 9.72 Å². The number of pyridine rings is 1. The van der Waals surface area contributed by atoms with Crippen molar-refractivity contribution in [2.75, 3.05) is 31.1 Å². The quantitative estimate of drug-likeness (QED) is 0.874. The summed E-state index contributed by atoms with van der Waals surface area (Å²) < 4.78 is 5.63. The Hall–Kier alpha value is -1.13. The Bertz CT molecular complexity index is 448. The molecule has 1 aromatic heterocycles. The van der Waals surface area contributed by atoms with Crippen molar-refractivity contribution in [2.24, 2.45) is 5.92 Å². The number of ether oxygens (including phenoxy) is 1. The Morgan fingerprint density at radius 1 is 1.43 bits per heavy atom. The standard InChI is InChI=1S/C17H29N3O/c1-5-16-8-15(11-18-10-13(2)3)9-17(19-16)20-6-7-21-14(4)12-20/h8-9,13-14,18H,5-7,10-12H2,1-4H3. The third-order valence-corrected chi connectivity index (χ3v) is 3.73. The predicted molar refractivity (Wildman–Crippen MR) is 87.8 cm³/mol. The Morgan fingerprint density at radius 2 is 2.24 bits per heavy atom. The molecule has 4 heteroatoms. The molecule has 1 aromatic rings. The molecule has 2 heterocycles. The molecule has 0 amide bonds. The van der Waals surface area contributed by atoms with Crippen LogP contribution in [0.3, 0.4) is 0 Å². The molecule has 118 valence electrons. The Morgan fingerprint density at radius 3 is 2.90 bits per heavy atom. The molecule has 0 aromatic carbocycles. The van der Waals surface area contributed by atoms with Crippen LogP contribution in [-0.4, -0.2) is 37.3 Å². The van der Waals surface area contributed by atoms with Crippen molar-refractivity contribution in [1.29, 1.82) is 0 Å². The number of nitrogens with one attached hydrogen (secondary N) is 1. The van der Waals surface area contributed by atoms with Crippen LogP contribution in [0.15, 0.2) is 12.1 Å². The average Bonchev–Trinajstić information content (AvgIpc) is 2.46. The highest BCUT2D eigenvalue weighted by Crippen LogP contribution is 2.18. The van der Waals surface area contributed by atoms with Crippen molar-refractivity contribution in [2.45, 2.75) is 46.8 Å². The molecule has 2 rings (SSSR count). The first-order chi connectivity index (χ1) is 10.1. The highest BCUT2D eigenvalue weighted by Gasteiger charge is 2.18. The van der Waals surface area contributed by atoms with Crippen LogP contribution >= 0.6 is 0 Å². The summed E-state index contributed by atoms with van der Waals surface area (Å²) in [6.45, 7) is 13.4. The minimum Gasteiger partial charge on any atom is -0.375 e. The number of hydrogen-bond donors (Lipinski definition) is 1. The van der Waals surface area contributed by atoms with E-state index in [1.165, 1.54) is 11.3 Å². The van der Waals surface area contributed by atoms with Crippen LogP contribution in [0.1, 0.15) is 39.0 Å². The number of aryl methyl sites for hydroxylation is 1. The molecule has 0 spiro atoms. The van der Waals surface area contributed by atoms with Crippen molar-refractivity contribution in [3.63, 3.8) is 0 Å². The molecule has 4 nitrogen and oxygen atoms in total. The lowest BCUT2D eigenvalue weighted by Crippen LogP contribution is -2.41. The van der Waals surface area contributed by atoms with Crippen LogP contribution in [0.25, 0.3) is 0 Å². The van der Waals surface area contributed by atoms with E-state index in [1.54, 1.807) is 0 Å². The second-order valence-electron chi connectivity index (χ2n) is 6.33. The molecule has 0 saturated carbocycles. The van der Waals surface area contributed by atoms with Gasteiger partial charge in [0.1, 0.15) is 5.82 Å². The molecule has 1 aliphatic rings. The van der Waals surface area contributed by atoms with E-state index in [2.05, 4.69) is 50.0 Å². The summed E-state index contributed by atoms with van der Waals surface area (Å²) >= 11 is 0. The summed E-state index contributed by atoms with van der Waals surface area (Å²) in [5, 5.41) is 3.52. The smallest absolute Gasteiger partial charge is 0.129 e. The molecule has 0 bridgehead atoms.